The van der Waals surface area contributed by atoms with Gasteiger partial charge in [0.15, 0.2) is 0 Å². The topological polar surface area (TPSA) is 125 Å². The van der Waals surface area contributed by atoms with E-state index in [1.165, 1.54) is 21.6 Å². The Labute approximate surface area is 173 Å². The molecule has 0 fully saturated rings. The molecule has 2 aromatic heterocycles. The van der Waals surface area contributed by atoms with E-state index in [2.05, 4.69) is 51.2 Å². The Hall–Kier alpha value is -2.08. The van der Waals surface area contributed by atoms with Crippen LogP contribution in [0.25, 0.3) is 0 Å². The molecule has 0 amide bonds. The highest BCUT2D eigenvalue weighted by atomic mass is 33.1. The maximum atomic E-state index is 4.47. The Bertz CT molecular complexity index is 693. The third kappa shape index (κ3) is 7.50. The van der Waals surface area contributed by atoms with Crippen LogP contribution in [0.1, 0.15) is 41.5 Å². The van der Waals surface area contributed by atoms with Gasteiger partial charge in [0.1, 0.15) is 0 Å². The van der Waals surface area contributed by atoms with Crippen molar-refractivity contribution in [2.75, 3.05) is 34.4 Å². The average Bonchev–Trinajstić information content (AvgIpc) is 2.59. The molecule has 0 unspecified atom stereocenters. The van der Waals surface area contributed by atoms with Crippen molar-refractivity contribution in [2.24, 2.45) is 0 Å². The molecule has 0 spiro atoms. The Kier molecular flexibility index (Phi) is 8.77. The second-order valence-electron chi connectivity index (χ2n) is 6.36. The second-order valence-corrected chi connectivity index (χ2v) is 8.42. The minimum Gasteiger partial charge on any atom is -0.354 e. The zero-order valence-electron chi connectivity index (χ0n) is 17.1. The van der Waals surface area contributed by atoms with Gasteiger partial charge >= 0.3 is 0 Å². The van der Waals surface area contributed by atoms with E-state index in [0.717, 1.165) is 13.1 Å². The highest BCUT2D eigenvalue weighted by Crippen LogP contribution is 2.34. The Morgan fingerprint density at radius 3 is 1.29 bits per heavy atom. The van der Waals surface area contributed by atoms with E-state index in [9.17, 15) is 0 Å². The zero-order valence-corrected chi connectivity index (χ0v) is 18.7. The third-order valence-corrected chi connectivity index (χ3v) is 4.82. The zero-order chi connectivity index (χ0) is 20.5. The van der Waals surface area contributed by atoms with E-state index in [1.807, 2.05) is 41.5 Å². The summed E-state index contributed by atoms with van der Waals surface area (Å²) in [5.41, 5.74) is 0. The first-order chi connectivity index (χ1) is 13.4. The summed E-state index contributed by atoms with van der Waals surface area (Å²) < 4.78 is 0. The molecule has 154 valence electrons. The van der Waals surface area contributed by atoms with Gasteiger partial charge in [0.25, 0.3) is 0 Å². The van der Waals surface area contributed by atoms with Gasteiger partial charge in [-0.25, -0.2) is 0 Å². The van der Waals surface area contributed by atoms with Gasteiger partial charge in [-0.05, 0) is 63.1 Å². The van der Waals surface area contributed by atoms with Gasteiger partial charge in [0.2, 0.25) is 34.1 Å². The molecular formula is C16H28N10S2. The van der Waals surface area contributed by atoms with E-state index in [4.69, 9.17) is 0 Å². The highest BCUT2D eigenvalue weighted by molar-refractivity contribution is 8.76. The van der Waals surface area contributed by atoms with Crippen LogP contribution in [-0.2, 0) is 0 Å². The normalized spacial score (nSPS) is 11.0. The number of anilines is 4. The van der Waals surface area contributed by atoms with E-state index >= 15 is 0 Å². The molecule has 0 saturated heterocycles. The molecular weight excluding hydrogens is 396 g/mol. The lowest BCUT2D eigenvalue weighted by atomic mass is 10.4. The first kappa shape index (κ1) is 22.2. The van der Waals surface area contributed by atoms with Crippen LogP contribution in [0, 0.1) is 0 Å². The standard InChI is InChI=1S/C16H28N10S2/c1-7-17-11-21-13(19-9(3)4)25-15(23-11)27-28-16-24-12(18-8-2)22-14(26-16)20-10(5)6/h9-10H,7-8H2,1-6H3,(H2,17,19,21,23,25)(H2,18,20,22,24,26). The molecule has 2 aromatic rings. The van der Waals surface area contributed by atoms with E-state index in [1.54, 1.807) is 0 Å². The van der Waals surface area contributed by atoms with Crippen molar-refractivity contribution in [3.63, 3.8) is 0 Å². The molecule has 0 aliphatic heterocycles. The van der Waals surface area contributed by atoms with Crippen molar-refractivity contribution in [3.8, 4) is 0 Å². The minimum absolute atomic E-state index is 0.221. The lowest BCUT2D eigenvalue weighted by Gasteiger charge is -2.12. The molecule has 0 radical (unpaired) electrons. The number of aromatic nitrogens is 6. The van der Waals surface area contributed by atoms with Crippen LogP contribution < -0.4 is 21.3 Å². The molecule has 0 atom stereocenters. The number of nitrogens with zero attached hydrogens (tertiary/aromatic N) is 6. The van der Waals surface area contributed by atoms with Crippen molar-refractivity contribution < 1.29 is 0 Å². The van der Waals surface area contributed by atoms with Crippen LogP contribution in [-0.4, -0.2) is 55.1 Å². The van der Waals surface area contributed by atoms with Crippen molar-refractivity contribution in [1.82, 2.24) is 29.9 Å². The van der Waals surface area contributed by atoms with Crippen LogP contribution >= 0.6 is 21.6 Å². The van der Waals surface area contributed by atoms with Crippen LogP contribution in [0.15, 0.2) is 10.3 Å². The fourth-order valence-corrected chi connectivity index (χ4v) is 3.52. The lowest BCUT2D eigenvalue weighted by Crippen LogP contribution is -2.15. The van der Waals surface area contributed by atoms with Crippen LogP contribution in [0.5, 0.6) is 0 Å². The second kappa shape index (κ2) is 11.1. The fourth-order valence-electron chi connectivity index (χ4n) is 1.98. The summed E-state index contributed by atoms with van der Waals surface area (Å²) >= 11 is 0. The van der Waals surface area contributed by atoms with Crippen LogP contribution in [0.3, 0.4) is 0 Å². The van der Waals surface area contributed by atoms with Crippen molar-refractivity contribution in [1.29, 1.82) is 0 Å². The van der Waals surface area contributed by atoms with Crippen molar-refractivity contribution in [2.45, 2.75) is 63.9 Å². The molecule has 28 heavy (non-hydrogen) atoms. The molecule has 12 heteroatoms. The number of nitrogens with one attached hydrogen (secondary N) is 4. The van der Waals surface area contributed by atoms with Gasteiger partial charge in [-0.3, -0.25) is 0 Å². The van der Waals surface area contributed by atoms with Crippen LogP contribution in [0.4, 0.5) is 23.8 Å². The van der Waals surface area contributed by atoms with E-state index < -0.39 is 0 Å². The van der Waals surface area contributed by atoms with Crippen LogP contribution in [0.2, 0.25) is 0 Å². The van der Waals surface area contributed by atoms with E-state index in [0.29, 0.717) is 34.1 Å². The molecule has 2 heterocycles. The number of rotatable bonds is 11. The summed E-state index contributed by atoms with van der Waals surface area (Å²) in [6.07, 6.45) is 0. The van der Waals surface area contributed by atoms with Gasteiger partial charge in [-0.2, -0.15) is 29.9 Å². The van der Waals surface area contributed by atoms with Crippen molar-refractivity contribution in [3.05, 3.63) is 0 Å². The molecule has 0 aliphatic carbocycles. The smallest absolute Gasteiger partial charge is 0.228 e. The molecule has 0 saturated carbocycles. The predicted octanol–water partition coefficient (Wildman–Crippen LogP) is 3.36. The SMILES string of the molecule is CCNc1nc(NC(C)C)nc(SSc2nc(NCC)nc(NC(C)C)n2)n1. The minimum atomic E-state index is 0.221. The molecule has 0 aliphatic rings. The van der Waals surface area contributed by atoms with Gasteiger partial charge in [-0.1, -0.05) is 0 Å². The monoisotopic (exact) mass is 424 g/mol. The molecule has 2 rings (SSSR count). The summed E-state index contributed by atoms with van der Waals surface area (Å²) in [6, 6.07) is 0.441. The van der Waals surface area contributed by atoms with Gasteiger partial charge in [-0.15, -0.1) is 0 Å². The first-order valence-electron chi connectivity index (χ1n) is 9.27. The Morgan fingerprint density at radius 2 is 0.964 bits per heavy atom. The quantitative estimate of drug-likeness (QED) is 0.395. The summed E-state index contributed by atoms with van der Waals surface area (Å²) in [6.45, 7) is 13.6. The van der Waals surface area contributed by atoms with Gasteiger partial charge < -0.3 is 21.3 Å². The maximum Gasteiger partial charge on any atom is 0.228 e. The van der Waals surface area contributed by atoms with Gasteiger partial charge in [0.05, 0.1) is 0 Å². The Balaban J connectivity index is 2.19. The first-order valence-corrected chi connectivity index (χ1v) is 11.4. The largest absolute Gasteiger partial charge is 0.354 e. The molecule has 10 nitrogen and oxygen atoms in total. The summed E-state index contributed by atoms with van der Waals surface area (Å²) in [4.78, 5) is 26.6. The molecule has 0 aromatic carbocycles. The summed E-state index contributed by atoms with van der Waals surface area (Å²) in [5.74, 6) is 2.15. The average molecular weight is 425 g/mol. The fraction of sp³-hybridized carbons (Fsp3) is 0.625. The maximum absolute atomic E-state index is 4.47. The summed E-state index contributed by atoms with van der Waals surface area (Å²) in [7, 11) is 2.75. The van der Waals surface area contributed by atoms with Gasteiger partial charge in [0, 0.05) is 25.2 Å². The summed E-state index contributed by atoms with van der Waals surface area (Å²) in [5, 5.41) is 13.8. The predicted molar refractivity (Wildman–Crippen MR) is 117 cm³/mol. The third-order valence-electron chi connectivity index (χ3n) is 2.93. The lowest BCUT2D eigenvalue weighted by molar-refractivity contribution is 0.834. The number of hydrogen-bond donors (Lipinski definition) is 4. The highest BCUT2D eigenvalue weighted by Gasteiger charge is 2.12. The molecule has 0 bridgehead atoms. The Morgan fingerprint density at radius 1 is 0.607 bits per heavy atom. The van der Waals surface area contributed by atoms with Crippen molar-refractivity contribution >= 4 is 45.4 Å². The number of hydrogen-bond acceptors (Lipinski definition) is 12. The molecule has 4 N–H and O–H groups in total. The van der Waals surface area contributed by atoms with E-state index in [-0.39, 0.29) is 12.1 Å².